The number of carboxylic acids is 3. The number of aryl methyl sites for hydroxylation is 2. The van der Waals surface area contributed by atoms with Gasteiger partial charge in [0.05, 0.1) is 17.1 Å². The lowest BCUT2D eigenvalue weighted by atomic mass is 9.81. The molecule has 5 aromatic carbocycles. The fourth-order valence-electron chi connectivity index (χ4n) is 13.1. The number of nitrogens with one attached hydrogen (secondary N) is 1. The number of carbonyl (C=O) groups excluding carboxylic acids is 3. The molecule has 5 aromatic rings. The van der Waals surface area contributed by atoms with Crippen LogP contribution in [0, 0.1) is 0 Å². The standard InChI is InChI=1S/C60H50N4O12/c65-35-11-15-39-47(29-35)75-48-30-36(66)12-16-40(48)49(39)37-14-10-34(28-44(37)58(71)72)56(68)64-23-17-60(18-24-64,59(73)74)61-55(67)33-9-13-38(43(27-33)57(69)70)50-45-25-31-5-1-19-62-21-3-7-41(51(31)62)53(45)76-54-42-8-4-22-63-20-2-6-32(52(42)63)26-46(50)54/h9-16,25-30H,1-8,17-24H2,(H4-,61,65,66,67,69,70,71,72,73,74). The van der Waals surface area contributed by atoms with Crippen LogP contribution in [0.25, 0.3) is 39.0 Å². The van der Waals surface area contributed by atoms with Gasteiger partial charge in [0.15, 0.2) is 5.43 Å². The van der Waals surface area contributed by atoms with E-state index < -0.39 is 35.3 Å². The predicted octanol–water partition coefficient (Wildman–Crippen LogP) is 5.26. The summed E-state index contributed by atoms with van der Waals surface area (Å²) in [5, 5.41) is 50.1. The Bertz CT molecular complexity index is 3940. The number of aromatic carboxylic acids is 2. The molecule has 0 spiro atoms. The van der Waals surface area contributed by atoms with E-state index in [2.05, 4.69) is 26.9 Å². The van der Waals surface area contributed by atoms with Crippen molar-refractivity contribution >= 4 is 52.0 Å². The van der Waals surface area contributed by atoms with Crippen LogP contribution in [0.5, 0.6) is 17.2 Å². The number of aliphatic carboxylic acids is 1. The van der Waals surface area contributed by atoms with Crippen LogP contribution in [0.15, 0.2) is 94.1 Å². The minimum Gasteiger partial charge on any atom is -0.545 e. The molecular formula is C60H50N4O12. The number of piperidine rings is 1. The third-order valence-electron chi connectivity index (χ3n) is 16.6. The first-order valence-corrected chi connectivity index (χ1v) is 26.0. The van der Waals surface area contributed by atoms with Crippen LogP contribution in [0.1, 0.15) is 113 Å². The fourth-order valence-corrected chi connectivity index (χ4v) is 13.1. The number of anilines is 1. The first kappa shape index (κ1) is 47.0. The monoisotopic (exact) mass is 1020 g/mol. The van der Waals surface area contributed by atoms with Gasteiger partial charge < -0.3 is 49.5 Å². The second-order valence-electron chi connectivity index (χ2n) is 20.9. The summed E-state index contributed by atoms with van der Waals surface area (Å²) in [5.74, 6) is -4.02. The Hall–Kier alpha value is -8.79. The molecule has 382 valence electrons. The molecule has 1 aliphatic carbocycles. The minimum absolute atomic E-state index is 0.0203. The van der Waals surface area contributed by atoms with E-state index >= 15 is 0 Å². The molecular weight excluding hydrogens is 969 g/mol. The van der Waals surface area contributed by atoms with Crippen LogP contribution >= 0.6 is 0 Å². The van der Waals surface area contributed by atoms with E-state index in [-0.39, 0.29) is 76.3 Å². The highest BCUT2D eigenvalue weighted by Crippen LogP contribution is 2.49. The Kier molecular flexibility index (Phi) is 10.9. The largest absolute Gasteiger partial charge is 0.545 e. The zero-order valence-electron chi connectivity index (χ0n) is 41.3. The SMILES string of the molecule is O=C(NC1(C(=O)O)CCN(C(=O)c2ccc(-c3c4ccc(=O)cc-4oc4cc(O)ccc34)c(C(=O)O)c2)CC1)c1ccc(C2=c3cc4c5c(c3Oc3c2cc2c6c3CCCN6CCC2)CCC[N+]=5CCC4)c(C(=O)[O-])c1. The number of rotatable bonds is 8. The number of amides is 2. The van der Waals surface area contributed by atoms with E-state index in [1.165, 1.54) is 87.7 Å². The summed E-state index contributed by atoms with van der Waals surface area (Å²) in [7, 11) is 0. The van der Waals surface area contributed by atoms with Gasteiger partial charge in [-0.25, -0.2) is 14.2 Å². The van der Waals surface area contributed by atoms with Crippen molar-refractivity contribution in [1.29, 1.82) is 0 Å². The third kappa shape index (κ3) is 7.43. The number of carbonyl (C=O) groups is 5. The Balaban J connectivity index is 0.818. The summed E-state index contributed by atoms with van der Waals surface area (Å²) in [5.41, 5.74) is 6.31. The molecule has 0 unspecified atom stereocenters. The summed E-state index contributed by atoms with van der Waals surface area (Å²) in [6.07, 6.45) is 6.89. The number of fused-ring (bicyclic) bond motifs is 6. The highest BCUT2D eigenvalue weighted by molar-refractivity contribution is 6.09. The van der Waals surface area contributed by atoms with E-state index in [0.29, 0.717) is 27.6 Å². The van der Waals surface area contributed by atoms with Gasteiger partial charge >= 0.3 is 11.9 Å². The first-order chi connectivity index (χ1) is 36.7. The molecule has 0 aromatic heterocycles. The number of hydrogen-bond donors (Lipinski definition) is 4. The second-order valence-corrected chi connectivity index (χ2v) is 20.9. The molecule has 16 nitrogen and oxygen atoms in total. The zero-order chi connectivity index (χ0) is 52.3. The molecule has 1 fully saturated rings. The normalized spacial score (nSPS) is 17.0. The molecule has 7 aliphatic heterocycles. The number of carboxylic acid groups (broad SMARTS) is 3. The number of likely N-dealkylation sites (tertiary alicyclic amines) is 1. The predicted molar refractivity (Wildman–Crippen MR) is 277 cm³/mol. The zero-order valence-corrected chi connectivity index (χ0v) is 41.3. The molecule has 76 heavy (non-hydrogen) atoms. The molecule has 0 atom stereocenters. The quantitative estimate of drug-likeness (QED) is 0.113. The minimum atomic E-state index is -1.85. The Morgan fingerprint density at radius 2 is 1.39 bits per heavy atom. The second kappa shape index (κ2) is 17.7. The smallest absolute Gasteiger partial charge is 0.336 e. The molecule has 0 radical (unpaired) electrons. The van der Waals surface area contributed by atoms with Crippen molar-refractivity contribution in [3.05, 3.63) is 161 Å². The maximum Gasteiger partial charge on any atom is 0.336 e. The molecule has 7 heterocycles. The summed E-state index contributed by atoms with van der Waals surface area (Å²) in [4.78, 5) is 84.2. The van der Waals surface area contributed by atoms with Gasteiger partial charge in [-0.1, -0.05) is 12.1 Å². The highest BCUT2D eigenvalue weighted by Gasteiger charge is 2.45. The van der Waals surface area contributed by atoms with Gasteiger partial charge in [0, 0.05) is 118 Å². The van der Waals surface area contributed by atoms with Gasteiger partial charge in [0.1, 0.15) is 47.2 Å². The number of benzene rings is 6. The first-order valence-electron chi connectivity index (χ1n) is 26.0. The molecule has 0 saturated carbocycles. The van der Waals surface area contributed by atoms with E-state index in [0.717, 1.165) is 111 Å². The lowest BCUT2D eigenvalue weighted by molar-refractivity contribution is -0.255. The topological polar surface area (TPSA) is 230 Å². The molecule has 1 saturated heterocycles. The van der Waals surface area contributed by atoms with E-state index in [4.69, 9.17) is 9.15 Å². The molecule has 4 N–H and O–H groups in total. The molecule has 16 heteroatoms. The van der Waals surface area contributed by atoms with Crippen molar-refractivity contribution in [2.75, 3.05) is 44.2 Å². The van der Waals surface area contributed by atoms with Crippen LogP contribution < -0.4 is 40.6 Å². The maximum atomic E-state index is 14.3. The number of ether oxygens (including phenoxy) is 1. The number of phenols is 1. The van der Waals surface area contributed by atoms with Gasteiger partial charge in [-0.3, -0.25) is 14.4 Å². The lowest BCUT2D eigenvalue weighted by Gasteiger charge is -2.39. The van der Waals surface area contributed by atoms with E-state index in [9.17, 15) is 49.2 Å². The number of phenolic OH excluding ortho intramolecular Hbond substituents is 1. The van der Waals surface area contributed by atoms with E-state index in [1.54, 1.807) is 12.1 Å². The Labute approximate surface area is 433 Å². The average Bonchev–Trinajstić information content (AvgIpc) is 3.56. The Morgan fingerprint density at radius 3 is 2.17 bits per heavy atom. The van der Waals surface area contributed by atoms with Crippen LogP contribution in [0.2, 0.25) is 0 Å². The third-order valence-corrected chi connectivity index (χ3v) is 16.6. The van der Waals surface area contributed by atoms with Crippen molar-refractivity contribution in [3.8, 4) is 39.7 Å². The van der Waals surface area contributed by atoms with Crippen LogP contribution in [0.3, 0.4) is 0 Å². The summed E-state index contributed by atoms with van der Waals surface area (Å²) < 4.78 is 15.5. The van der Waals surface area contributed by atoms with Crippen molar-refractivity contribution in [1.82, 2.24) is 14.8 Å². The van der Waals surface area contributed by atoms with Crippen molar-refractivity contribution < 1.29 is 53.6 Å². The van der Waals surface area contributed by atoms with Crippen molar-refractivity contribution in [2.24, 2.45) is 0 Å². The maximum absolute atomic E-state index is 14.3. The van der Waals surface area contributed by atoms with Gasteiger partial charge in [0.2, 0.25) is 5.36 Å². The van der Waals surface area contributed by atoms with Crippen LogP contribution in [0.4, 0.5) is 5.69 Å². The van der Waals surface area contributed by atoms with Crippen molar-refractivity contribution in [3.63, 3.8) is 0 Å². The molecule has 13 rings (SSSR count). The summed E-state index contributed by atoms with van der Waals surface area (Å²) in [6, 6.07) is 21.4. The highest BCUT2D eigenvalue weighted by atomic mass is 16.5. The van der Waals surface area contributed by atoms with Crippen LogP contribution in [-0.2, 0) is 30.5 Å². The number of nitrogens with zero attached hydrogens (tertiary/aromatic N) is 3. The van der Waals surface area contributed by atoms with Gasteiger partial charge in [-0.05, 0) is 129 Å². The lowest BCUT2D eigenvalue weighted by Crippen LogP contribution is -2.60. The van der Waals surface area contributed by atoms with Gasteiger partial charge in [-0.15, -0.1) is 0 Å². The Morgan fingerprint density at radius 1 is 0.684 bits per heavy atom. The summed E-state index contributed by atoms with van der Waals surface area (Å²) in [6.45, 7) is 3.61. The number of aromatic hydroxyl groups is 1. The fraction of sp³-hybridized carbons (Fsp3) is 0.283. The molecule has 8 aliphatic rings. The van der Waals surface area contributed by atoms with Crippen molar-refractivity contribution in [2.45, 2.75) is 69.7 Å². The van der Waals surface area contributed by atoms with Gasteiger partial charge in [0.25, 0.3) is 11.8 Å². The number of hydrogen-bond acceptors (Lipinski definition) is 11. The van der Waals surface area contributed by atoms with E-state index in [1.807, 2.05) is 0 Å². The average molecular weight is 1020 g/mol. The summed E-state index contributed by atoms with van der Waals surface area (Å²) >= 11 is 0. The van der Waals surface area contributed by atoms with Crippen LogP contribution in [-0.4, -0.2) is 94.7 Å². The molecule has 0 bridgehead atoms. The van der Waals surface area contributed by atoms with Gasteiger partial charge in [-0.2, -0.15) is 0 Å². The molecule has 2 amide bonds.